The molecule has 2 aliphatic rings. The zero-order valence-corrected chi connectivity index (χ0v) is 36.0. The van der Waals surface area contributed by atoms with E-state index in [0.29, 0.717) is 29.1 Å². The summed E-state index contributed by atoms with van der Waals surface area (Å²) in [5, 5.41) is 0. The van der Waals surface area contributed by atoms with Crippen LogP contribution in [0.25, 0.3) is 11.3 Å². The second-order valence-corrected chi connectivity index (χ2v) is 16.7. The Kier molecular flexibility index (Phi) is 11.7. The average Bonchev–Trinajstić information content (AvgIpc) is 3.79. The van der Waals surface area contributed by atoms with E-state index < -0.39 is 0 Å². The second-order valence-electron chi connectivity index (χ2n) is 16.7. The number of rotatable bonds is 7. The predicted molar refractivity (Wildman–Crippen MR) is 232 cm³/mol. The van der Waals surface area contributed by atoms with E-state index in [4.69, 9.17) is 29.4 Å². The van der Waals surface area contributed by atoms with Crippen LogP contribution in [0, 0.1) is 61.3 Å². The molecule has 2 aliphatic heterocycles. The summed E-state index contributed by atoms with van der Waals surface area (Å²) in [6.07, 6.45) is -0.205. The van der Waals surface area contributed by atoms with E-state index in [2.05, 4.69) is 121 Å². The van der Waals surface area contributed by atoms with Crippen molar-refractivity contribution in [2.75, 3.05) is 0 Å². The third kappa shape index (κ3) is 7.68. The van der Waals surface area contributed by atoms with Gasteiger partial charge in [-0.05, 0) is 143 Å². The maximum absolute atomic E-state index is 6.18. The summed E-state index contributed by atoms with van der Waals surface area (Å²) in [6.45, 7) is 31.4. The third-order valence-electron chi connectivity index (χ3n) is 12.8. The molecular weight excluding hydrogens is 689 g/mol. The maximum Gasteiger partial charge on any atom is 0.236 e. The van der Waals surface area contributed by atoms with Crippen LogP contribution < -0.4 is 0 Å². The topological polar surface area (TPSA) is 69.0 Å². The highest BCUT2D eigenvalue weighted by atomic mass is 16.5. The van der Waals surface area contributed by atoms with Gasteiger partial charge in [-0.15, -0.1) is 0 Å². The van der Waals surface area contributed by atoms with Gasteiger partial charge < -0.3 is 9.47 Å². The zero-order chi connectivity index (χ0) is 40.6. The molecule has 0 spiro atoms. The third-order valence-corrected chi connectivity index (χ3v) is 12.8. The SMILES string of the molecule is CC1N=C(c2cccc(C3=NC(C)C(c4ccccc4)O3)n2)OC1c1ccccc1.Cc1c(-c2c(C)c(C)c(C)c(C)c2C)nc(C(C)(C)C(C)C)c(C)c1C. The predicted octanol–water partition coefficient (Wildman–Crippen LogP) is 12.0. The van der Waals surface area contributed by atoms with Crippen LogP contribution in [-0.4, -0.2) is 33.8 Å². The molecule has 4 atom stereocenters. The van der Waals surface area contributed by atoms with Crippen LogP contribution in [0.4, 0.5) is 0 Å². The molecule has 0 radical (unpaired) electrons. The quantitative estimate of drug-likeness (QED) is 0.166. The Labute approximate surface area is 335 Å². The minimum atomic E-state index is -0.103. The molecule has 0 amide bonds. The molecule has 6 nitrogen and oxygen atoms in total. The van der Waals surface area contributed by atoms with E-state index in [-0.39, 0.29) is 29.7 Å². The van der Waals surface area contributed by atoms with E-state index in [1.165, 1.54) is 61.5 Å². The fraction of sp³-hybridized carbons (Fsp3) is 0.400. The first kappa shape index (κ1) is 40.6. The zero-order valence-electron chi connectivity index (χ0n) is 36.0. The molecule has 3 aromatic carbocycles. The van der Waals surface area contributed by atoms with Crippen molar-refractivity contribution in [2.24, 2.45) is 15.9 Å². The number of pyridine rings is 2. The Morgan fingerprint density at radius 2 is 0.911 bits per heavy atom. The minimum absolute atomic E-state index is 0.0235. The fourth-order valence-corrected chi connectivity index (χ4v) is 7.82. The van der Waals surface area contributed by atoms with E-state index in [1.54, 1.807) is 0 Å². The van der Waals surface area contributed by atoms with Gasteiger partial charge in [-0.25, -0.2) is 15.0 Å². The van der Waals surface area contributed by atoms with E-state index in [1.807, 2.05) is 54.6 Å². The first-order valence-corrected chi connectivity index (χ1v) is 20.1. The van der Waals surface area contributed by atoms with Crippen LogP contribution >= 0.6 is 0 Å². The molecule has 4 unspecified atom stereocenters. The summed E-state index contributed by atoms with van der Waals surface area (Å²) in [7, 11) is 0. The Hall–Kier alpha value is -5.10. The van der Waals surface area contributed by atoms with Gasteiger partial charge in [0.05, 0.1) is 23.5 Å². The van der Waals surface area contributed by atoms with Crippen LogP contribution in [0.2, 0.25) is 0 Å². The molecule has 0 aliphatic carbocycles. The smallest absolute Gasteiger partial charge is 0.236 e. The molecule has 0 fully saturated rings. The lowest BCUT2D eigenvalue weighted by atomic mass is 9.75. The summed E-state index contributed by atoms with van der Waals surface area (Å²) in [6, 6.07) is 26.1. The van der Waals surface area contributed by atoms with Crippen LogP contribution in [0.5, 0.6) is 0 Å². The molecule has 2 aromatic heterocycles. The number of ether oxygens (including phenoxy) is 2. The van der Waals surface area contributed by atoms with Crippen molar-refractivity contribution in [2.45, 2.75) is 127 Å². The highest BCUT2D eigenvalue weighted by Gasteiger charge is 2.33. The van der Waals surface area contributed by atoms with Crippen molar-refractivity contribution >= 4 is 11.8 Å². The maximum atomic E-state index is 6.18. The molecule has 6 heteroatoms. The van der Waals surface area contributed by atoms with Crippen LogP contribution in [0.3, 0.4) is 0 Å². The monoisotopic (exact) mass is 748 g/mol. The van der Waals surface area contributed by atoms with Crippen molar-refractivity contribution in [3.63, 3.8) is 0 Å². The second kappa shape index (κ2) is 16.2. The number of aromatic nitrogens is 2. The van der Waals surface area contributed by atoms with Crippen molar-refractivity contribution < 1.29 is 9.47 Å². The first-order chi connectivity index (χ1) is 26.5. The van der Waals surface area contributed by atoms with E-state index >= 15 is 0 Å². The molecule has 5 aromatic rings. The lowest BCUT2D eigenvalue weighted by molar-refractivity contribution is 0.201. The van der Waals surface area contributed by atoms with Crippen LogP contribution in [0.1, 0.15) is 126 Å². The van der Waals surface area contributed by atoms with E-state index in [9.17, 15) is 0 Å². The molecule has 0 saturated heterocycles. The van der Waals surface area contributed by atoms with Gasteiger partial charge in [0.1, 0.15) is 23.6 Å². The highest BCUT2D eigenvalue weighted by Crippen LogP contribution is 2.40. The molecule has 56 heavy (non-hydrogen) atoms. The normalized spacial score (nSPS) is 19.2. The van der Waals surface area contributed by atoms with Crippen molar-refractivity contribution in [1.82, 2.24) is 9.97 Å². The standard InChI is InChI=1S/C25H23N3O2.C25H37N/c1-16-22(18-10-5-3-6-11-18)29-24(26-16)20-14-9-15-21(28-20)25-27-17(2)23(30-25)19-12-7-4-8-13-19;1-13(2)25(11,12)24-21(10)17(6)20(9)23(26-24)22-18(7)15(4)14(3)16(5)19(22)8/h3-17,22-23H,1-2H3;13H,1-12H3. The van der Waals surface area contributed by atoms with Gasteiger partial charge in [-0.2, -0.15) is 0 Å². The molecule has 0 bridgehead atoms. The van der Waals surface area contributed by atoms with Gasteiger partial charge in [0.15, 0.2) is 0 Å². The van der Waals surface area contributed by atoms with Crippen molar-refractivity contribution in [1.29, 1.82) is 0 Å². The summed E-state index contributed by atoms with van der Waals surface area (Å²) < 4.78 is 12.4. The highest BCUT2D eigenvalue weighted by molar-refractivity contribution is 5.97. The molecule has 0 saturated carbocycles. The number of hydrogen-bond acceptors (Lipinski definition) is 6. The van der Waals surface area contributed by atoms with Gasteiger partial charge >= 0.3 is 0 Å². The Morgan fingerprint density at radius 3 is 1.34 bits per heavy atom. The molecule has 292 valence electrons. The fourth-order valence-electron chi connectivity index (χ4n) is 7.82. The lowest BCUT2D eigenvalue weighted by Gasteiger charge is -2.32. The summed E-state index contributed by atoms with van der Waals surface area (Å²) in [5.41, 5.74) is 18.4. The summed E-state index contributed by atoms with van der Waals surface area (Å²) in [5.74, 6) is 1.65. The summed E-state index contributed by atoms with van der Waals surface area (Å²) >= 11 is 0. The van der Waals surface area contributed by atoms with Gasteiger partial charge in [-0.3, -0.25) is 4.98 Å². The van der Waals surface area contributed by atoms with Crippen LogP contribution in [-0.2, 0) is 14.9 Å². The molecule has 4 heterocycles. The number of nitrogens with zero attached hydrogens (tertiary/aromatic N) is 4. The largest absolute Gasteiger partial charge is 0.466 e. The molecule has 0 N–H and O–H groups in total. The Morgan fingerprint density at radius 1 is 0.500 bits per heavy atom. The van der Waals surface area contributed by atoms with Crippen molar-refractivity contribution in [3.8, 4) is 11.3 Å². The molecule has 7 rings (SSSR count). The van der Waals surface area contributed by atoms with Gasteiger partial charge in [0.25, 0.3) is 0 Å². The first-order valence-electron chi connectivity index (χ1n) is 20.1. The Balaban J connectivity index is 0.000000192. The average molecular weight is 749 g/mol. The minimum Gasteiger partial charge on any atom is -0.466 e. The Bertz CT molecular complexity index is 2170. The van der Waals surface area contributed by atoms with Gasteiger partial charge in [0, 0.05) is 11.0 Å². The number of aliphatic imine (C=N–C) groups is 2. The van der Waals surface area contributed by atoms with Crippen LogP contribution in [0.15, 0.2) is 88.8 Å². The lowest BCUT2D eigenvalue weighted by Crippen LogP contribution is -2.28. The molecular formula is C50H60N4O2. The van der Waals surface area contributed by atoms with E-state index in [0.717, 1.165) is 11.1 Å². The van der Waals surface area contributed by atoms with Crippen molar-refractivity contribution in [3.05, 3.63) is 152 Å². The van der Waals surface area contributed by atoms with Gasteiger partial charge in [-0.1, -0.05) is 94.4 Å². The summed E-state index contributed by atoms with van der Waals surface area (Å²) in [4.78, 5) is 19.5. The van der Waals surface area contributed by atoms with Gasteiger partial charge in [0.2, 0.25) is 11.8 Å². The number of benzene rings is 3. The number of hydrogen-bond donors (Lipinski definition) is 0.